The van der Waals surface area contributed by atoms with Gasteiger partial charge in [0.25, 0.3) is 5.91 Å². The lowest BCUT2D eigenvalue weighted by Gasteiger charge is -2.34. The molecule has 2 aromatic carbocycles. The van der Waals surface area contributed by atoms with Crippen LogP contribution in [-0.2, 0) is 4.79 Å². The number of hydrogen-bond acceptors (Lipinski definition) is 7. The number of anilines is 1. The van der Waals surface area contributed by atoms with E-state index in [-0.39, 0.29) is 18.4 Å². The van der Waals surface area contributed by atoms with E-state index in [4.69, 9.17) is 18.9 Å². The SMILES string of the molecule is COc1ccc(C(=O)N2CCN(CC(=O)Nc3cc(OC)c(OC)c(OC)c3)CC2)cc1. The average Bonchev–Trinajstić information content (AvgIpc) is 2.83. The summed E-state index contributed by atoms with van der Waals surface area (Å²) in [5, 5.41) is 2.87. The molecule has 9 heteroatoms. The van der Waals surface area contributed by atoms with E-state index in [0.29, 0.717) is 60.4 Å². The first-order valence-corrected chi connectivity index (χ1v) is 10.2. The third kappa shape index (κ3) is 5.42. The molecule has 0 radical (unpaired) electrons. The number of amides is 2. The smallest absolute Gasteiger partial charge is 0.253 e. The quantitative estimate of drug-likeness (QED) is 0.668. The zero-order chi connectivity index (χ0) is 23.1. The Morgan fingerprint density at radius 1 is 0.844 bits per heavy atom. The van der Waals surface area contributed by atoms with E-state index >= 15 is 0 Å². The van der Waals surface area contributed by atoms with Gasteiger partial charge in [0.05, 0.1) is 35.0 Å². The molecule has 1 aliphatic rings. The zero-order valence-corrected chi connectivity index (χ0v) is 18.8. The number of piperazine rings is 1. The number of rotatable bonds is 8. The summed E-state index contributed by atoms with van der Waals surface area (Å²) in [4.78, 5) is 29.1. The maximum Gasteiger partial charge on any atom is 0.253 e. The van der Waals surface area contributed by atoms with Crippen LogP contribution in [0, 0.1) is 0 Å². The van der Waals surface area contributed by atoms with E-state index in [1.54, 1.807) is 48.4 Å². The third-order valence-electron chi connectivity index (χ3n) is 5.31. The molecule has 2 amide bonds. The highest BCUT2D eigenvalue weighted by Crippen LogP contribution is 2.39. The van der Waals surface area contributed by atoms with Crippen molar-refractivity contribution < 1.29 is 28.5 Å². The fraction of sp³-hybridized carbons (Fsp3) is 0.391. The van der Waals surface area contributed by atoms with E-state index in [0.717, 1.165) is 0 Å². The summed E-state index contributed by atoms with van der Waals surface area (Å²) in [6.07, 6.45) is 0. The second kappa shape index (κ2) is 10.7. The van der Waals surface area contributed by atoms with E-state index < -0.39 is 0 Å². The summed E-state index contributed by atoms with van der Waals surface area (Å²) in [5.41, 5.74) is 1.18. The van der Waals surface area contributed by atoms with Crippen LogP contribution in [0.2, 0.25) is 0 Å². The maximum atomic E-state index is 12.7. The van der Waals surface area contributed by atoms with Gasteiger partial charge in [0.15, 0.2) is 11.5 Å². The molecule has 1 N–H and O–H groups in total. The van der Waals surface area contributed by atoms with Gasteiger partial charge in [0.1, 0.15) is 5.75 Å². The molecule has 9 nitrogen and oxygen atoms in total. The van der Waals surface area contributed by atoms with Gasteiger partial charge in [-0.1, -0.05) is 0 Å². The number of carbonyl (C=O) groups excluding carboxylic acids is 2. The molecule has 3 rings (SSSR count). The second-order valence-corrected chi connectivity index (χ2v) is 7.26. The van der Waals surface area contributed by atoms with Crippen molar-refractivity contribution in [2.24, 2.45) is 0 Å². The summed E-state index contributed by atoms with van der Waals surface area (Å²) >= 11 is 0. The third-order valence-corrected chi connectivity index (χ3v) is 5.31. The first kappa shape index (κ1) is 23.2. The molecule has 0 atom stereocenters. The lowest BCUT2D eigenvalue weighted by atomic mass is 10.1. The zero-order valence-electron chi connectivity index (χ0n) is 18.8. The lowest BCUT2D eigenvalue weighted by molar-refractivity contribution is -0.117. The Morgan fingerprint density at radius 3 is 1.94 bits per heavy atom. The van der Waals surface area contributed by atoms with Crippen LogP contribution in [0.4, 0.5) is 5.69 Å². The summed E-state index contributed by atoms with van der Waals surface area (Å²) in [5.74, 6) is 1.93. The van der Waals surface area contributed by atoms with Crippen molar-refractivity contribution in [3.63, 3.8) is 0 Å². The van der Waals surface area contributed by atoms with Crippen LogP contribution in [0.25, 0.3) is 0 Å². The van der Waals surface area contributed by atoms with Crippen LogP contribution in [0.1, 0.15) is 10.4 Å². The van der Waals surface area contributed by atoms with Crippen LogP contribution in [-0.4, -0.2) is 82.8 Å². The molecule has 1 fully saturated rings. The molecular formula is C23H29N3O6. The molecule has 0 saturated carbocycles. The average molecular weight is 444 g/mol. The summed E-state index contributed by atoms with van der Waals surface area (Å²) < 4.78 is 21.1. The Morgan fingerprint density at radius 2 is 1.44 bits per heavy atom. The van der Waals surface area contributed by atoms with E-state index in [1.807, 2.05) is 4.90 Å². The normalized spacial score (nSPS) is 13.9. The topological polar surface area (TPSA) is 89.6 Å². The van der Waals surface area contributed by atoms with Crippen LogP contribution >= 0.6 is 0 Å². The van der Waals surface area contributed by atoms with Gasteiger partial charge in [-0.2, -0.15) is 0 Å². The van der Waals surface area contributed by atoms with E-state index in [9.17, 15) is 9.59 Å². The van der Waals surface area contributed by atoms with Gasteiger partial charge >= 0.3 is 0 Å². The highest BCUT2D eigenvalue weighted by atomic mass is 16.5. The number of nitrogens with zero attached hydrogens (tertiary/aromatic N) is 2. The fourth-order valence-corrected chi connectivity index (χ4v) is 3.58. The summed E-state index contributed by atoms with van der Waals surface area (Å²) in [6, 6.07) is 10.4. The minimum atomic E-state index is -0.158. The molecule has 32 heavy (non-hydrogen) atoms. The Labute approximate surface area is 187 Å². The Balaban J connectivity index is 1.54. The van der Waals surface area contributed by atoms with Crippen molar-refractivity contribution in [3.8, 4) is 23.0 Å². The molecular weight excluding hydrogens is 414 g/mol. The Bertz CT molecular complexity index is 914. The second-order valence-electron chi connectivity index (χ2n) is 7.26. The molecule has 0 bridgehead atoms. The van der Waals surface area contributed by atoms with Gasteiger partial charge in [-0.3, -0.25) is 14.5 Å². The summed E-state index contributed by atoms with van der Waals surface area (Å²) in [6.45, 7) is 2.57. The van der Waals surface area contributed by atoms with Crippen LogP contribution in [0.5, 0.6) is 23.0 Å². The molecule has 1 saturated heterocycles. The number of methoxy groups -OCH3 is 4. The number of carbonyl (C=O) groups is 2. The maximum absolute atomic E-state index is 12.7. The van der Waals surface area contributed by atoms with Crippen LogP contribution in [0.15, 0.2) is 36.4 Å². The number of benzene rings is 2. The van der Waals surface area contributed by atoms with Gasteiger partial charge in [0, 0.05) is 49.6 Å². The fourth-order valence-electron chi connectivity index (χ4n) is 3.58. The lowest BCUT2D eigenvalue weighted by Crippen LogP contribution is -2.50. The Hall–Kier alpha value is -3.46. The van der Waals surface area contributed by atoms with Gasteiger partial charge in [-0.25, -0.2) is 0 Å². The van der Waals surface area contributed by atoms with Crippen LogP contribution in [0.3, 0.4) is 0 Å². The predicted octanol–water partition coefficient (Wildman–Crippen LogP) is 2.12. The van der Waals surface area contributed by atoms with Crippen molar-refractivity contribution in [2.75, 3.05) is 66.5 Å². The number of hydrogen-bond donors (Lipinski definition) is 1. The monoisotopic (exact) mass is 443 g/mol. The molecule has 2 aromatic rings. The molecule has 172 valence electrons. The molecule has 0 spiro atoms. The first-order valence-electron chi connectivity index (χ1n) is 10.2. The molecule has 0 unspecified atom stereocenters. The minimum absolute atomic E-state index is 0.0193. The van der Waals surface area contributed by atoms with Gasteiger partial charge < -0.3 is 29.2 Å². The Kier molecular flexibility index (Phi) is 7.77. The van der Waals surface area contributed by atoms with E-state index in [1.165, 1.54) is 21.3 Å². The van der Waals surface area contributed by atoms with Crippen molar-refractivity contribution in [3.05, 3.63) is 42.0 Å². The van der Waals surface area contributed by atoms with Gasteiger partial charge in [0.2, 0.25) is 11.7 Å². The molecule has 1 heterocycles. The molecule has 0 aromatic heterocycles. The van der Waals surface area contributed by atoms with Crippen molar-refractivity contribution in [1.29, 1.82) is 0 Å². The highest BCUT2D eigenvalue weighted by Gasteiger charge is 2.23. The van der Waals surface area contributed by atoms with Crippen molar-refractivity contribution in [1.82, 2.24) is 9.80 Å². The highest BCUT2D eigenvalue weighted by molar-refractivity contribution is 5.95. The largest absolute Gasteiger partial charge is 0.497 e. The molecule has 0 aliphatic carbocycles. The number of nitrogens with one attached hydrogen (secondary N) is 1. The molecule has 1 aliphatic heterocycles. The number of ether oxygens (including phenoxy) is 4. The standard InChI is InChI=1S/C23H29N3O6/c1-29-18-7-5-16(6-8-18)23(28)26-11-9-25(10-12-26)15-21(27)24-17-13-19(30-2)22(32-4)20(14-17)31-3/h5-8,13-14H,9-12,15H2,1-4H3,(H,24,27). The van der Waals surface area contributed by atoms with Crippen molar-refractivity contribution in [2.45, 2.75) is 0 Å². The van der Waals surface area contributed by atoms with E-state index in [2.05, 4.69) is 5.32 Å². The predicted molar refractivity (Wildman–Crippen MR) is 120 cm³/mol. The van der Waals surface area contributed by atoms with Gasteiger partial charge in [-0.05, 0) is 24.3 Å². The summed E-state index contributed by atoms with van der Waals surface area (Å²) in [7, 11) is 6.16. The van der Waals surface area contributed by atoms with Gasteiger partial charge in [-0.15, -0.1) is 0 Å². The minimum Gasteiger partial charge on any atom is -0.497 e. The van der Waals surface area contributed by atoms with Crippen LogP contribution < -0.4 is 24.3 Å². The first-order chi connectivity index (χ1) is 15.5. The van der Waals surface area contributed by atoms with Crippen molar-refractivity contribution >= 4 is 17.5 Å².